The maximum atomic E-state index is 5.89. The molecule has 2 aromatic carbocycles. The minimum atomic E-state index is 0.565. The zero-order valence-corrected chi connectivity index (χ0v) is 13.0. The number of benzene rings is 2. The summed E-state index contributed by atoms with van der Waals surface area (Å²) < 4.78 is 5.53. The van der Waals surface area contributed by atoms with Gasteiger partial charge < -0.3 is 10.5 Å². The second-order valence-electron chi connectivity index (χ2n) is 4.96. The van der Waals surface area contributed by atoms with Crippen LogP contribution in [0, 0.1) is 0 Å². The maximum absolute atomic E-state index is 5.89. The summed E-state index contributed by atoms with van der Waals surface area (Å²) in [6, 6.07) is 14.6. The Kier molecular flexibility index (Phi) is 4.96. The van der Waals surface area contributed by atoms with Crippen LogP contribution in [0.3, 0.4) is 0 Å². The minimum absolute atomic E-state index is 0.565. The highest BCUT2D eigenvalue weighted by molar-refractivity contribution is 7.99. The molecule has 0 radical (unpaired) electrons. The number of nitrogens with two attached hydrogens (primary N) is 1. The van der Waals surface area contributed by atoms with E-state index in [0.717, 1.165) is 10.6 Å². The summed E-state index contributed by atoms with van der Waals surface area (Å²) in [5, 5.41) is 0. The topological polar surface area (TPSA) is 35.2 Å². The Morgan fingerprint density at radius 3 is 2.30 bits per heavy atom. The van der Waals surface area contributed by atoms with E-state index in [1.165, 1.54) is 10.5 Å². The predicted octanol–water partition coefficient (Wildman–Crippen LogP) is 4.94. The van der Waals surface area contributed by atoms with Crippen LogP contribution in [0.2, 0.25) is 0 Å². The van der Waals surface area contributed by atoms with Crippen LogP contribution in [0.15, 0.2) is 52.3 Å². The summed E-state index contributed by atoms with van der Waals surface area (Å²) in [7, 11) is 0. The molecule has 0 fully saturated rings. The molecule has 0 aliphatic carbocycles. The standard InChI is InChI=1S/C17H21NOS/c1-4-19-17-11-15(9-10-16(17)18)20-14-7-5-13(6-8-14)12(2)3/h5-12H,4,18H2,1-3H3. The van der Waals surface area contributed by atoms with Crippen molar-refractivity contribution in [1.29, 1.82) is 0 Å². The Morgan fingerprint density at radius 1 is 1.05 bits per heavy atom. The molecule has 2 N–H and O–H groups in total. The van der Waals surface area contributed by atoms with Gasteiger partial charge >= 0.3 is 0 Å². The van der Waals surface area contributed by atoms with E-state index in [0.29, 0.717) is 18.2 Å². The van der Waals surface area contributed by atoms with Gasteiger partial charge in [0, 0.05) is 9.79 Å². The Balaban J connectivity index is 2.15. The van der Waals surface area contributed by atoms with Crippen LogP contribution in [-0.2, 0) is 0 Å². The van der Waals surface area contributed by atoms with E-state index in [9.17, 15) is 0 Å². The van der Waals surface area contributed by atoms with Crippen LogP contribution in [0.4, 0.5) is 5.69 Å². The van der Waals surface area contributed by atoms with Crippen molar-refractivity contribution < 1.29 is 4.74 Å². The summed E-state index contributed by atoms with van der Waals surface area (Å²) in [6.45, 7) is 7.00. The largest absolute Gasteiger partial charge is 0.492 e. The van der Waals surface area contributed by atoms with Gasteiger partial charge in [-0.2, -0.15) is 0 Å². The highest BCUT2D eigenvalue weighted by Gasteiger charge is 2.04. The molecule has 0 atom stereocenters. The van der Waals surface area contributed by atoms with Crippen molar-refractivity contribution in [2.24, 2.45) is 0 Å². The normalized spacial score (nSPS) is 10.8. The zero-order valence-electron chi connectivity index (χ0n) is 12.2. The lowest BCUT2D eigenvalue weighted by molar-refractivity contribution is 0.341. The molecule has 0 spiro atoms. The van der Waals surface area contributed by atoms with Gasteiger partial charge in [-0.1, -0.05) is 37.7 Å². The molecule has 106 valence electrons. The van der Waals surface area contributed by atoms with Gasteiger partial charge in [-0.15, -0.1) is 0 Å². The Bertz CT molecular complexity index is 564. The van der Waals surface area contributed by atoms with Crippen molar-refractivity contribution in [3.8, 4) is 5.75 Å². The summed E-state index contributed by atoms with van der Waals surface area (Å²) in [6.07, 6.45) is 0. The molecule has 0 bridgehead atoms. The number of hydrogen-bond donors (Lipinski definition) is 1. The van der Waals surface area contributed by atoms with E-state index in [-0.39, 0.29) is 0 Å². The molecule has 0 unspecified atom stereocenters. The molecule has 0 aliphatic heterocycles. The zero-order chi connectivity index (χ0) is 14.5. The number of hydrogen-bond acceptors (Lipinski definition) is 3. The predicted molar refractivity (Wildman–Crippen MR) is 86.7 cm³/mol. The van der Waals surface area contributed by atoms with Gasteiger partial charge in [-0.3, -0.25) is 0 Å². The van der Waals surface area contributed by atoms with Crippen molar-refractivity contribution in [3.63, 3.8) is 0 Å². The number of ether oxygens (including phenoxy) is 1. The molecule has 0 heterocycles. The Labute approximate surface area is 125 Å². The number of nitrogen functional groups attached to an aromatic ring is 1. The van der Waals surface area contributed by atoms with Crippen LogP contribution in [0.1, 0.15) is 32.3 Å². The lowest BCUT2D eigenvalue weighted by Crippen LogP contribution is -1.96. The summed E-state index contributed by atoms with van der Waals surface area (Å²) in [4.78, 5) is 2.36. The van der Waals surface area contributed by atoms with Gasteiger partial charge in [-0.05, 0) is 48.7 Å². The van der Waals surface area contributed by atoms with E-state index in [2.05, 4.69) is 38.1 Å². The number of rotatable bonds is 5. The van der Waals surface area contributed by atoms with E-state index >= 15 is 0 Å². The van der Waals surface area contributed by atoms with Crippen molar-refractivity contribution in [3.05, 3.63) is 48.0 Å². The van der Waals surface area contributed by atoms with Crippen LogP contribution in [-0.4, -0.2) is 6.61 Å². The highest BCUT2D eigenvalue weighted by atomic mass is 32.2. The minimum Gasteiger partial charge on any atom is -0.492 e. The fraction of sp³-hybridized carbons (Fsp3) is 0.294. The molecule has 3 heteroatoms. The second-order valence-corrected chi connectivity index (χ2v) is 6.11. The number of anilines is 1. The molecular weight excluding hydrogens is 266 g/mol. The third-order valence-corrected chi connectivity index (χ3v) is 4.06. The van der Waals surface area contributed by atoms with Gasteiger partial charge in [0.1, 0.15) is 5.75 Å². The third-order valence-electron chi connectivity index (χ3n) is 3.07. The van der Waals surface area contributed by atoms with Crippen LogP contribution in [0.5, 0.6) is 5.75 Å². The quantitative estimate of drug-likeness (QED) is 0.791. The first kappa shape index (κ1) is 14.8. The molecule has 0 amide bonds. The fourth-order valence-corrected chi connectivity index (χ4v) is 2.76. The lowest BCUT2D eigenvalue weighted by Gasteiger charge is -2.10. The van der Waals surface area contributed by atoms with Gasteiger partial charge in [0.25, 0.3) is 0 Å². The Morgan fingerprint density at radius 2 is 1.70 bits per heavy atom. The highest BCUT2D eigenvalue weighted by Crippen LogP contribution is 2.33. The van der Waals surface area contributed by atoms with Gasteiger partial charge in [0.15, 0.2) is 0 Å². The Hall–Kier alpha value is -1.61. The first-order valence-electron chi connectivity index (χ1n) is 6.90. The van der Waals surface area contributed by atoms with Crippen LogP contribution < -0.4 is 10.5 Å². The van der Waals surface area contributed by atoms with E-state index in [1.807, 2.05) is 25.1 Å². The average molecular weight is 287 g/mol. The van der Waals surface area contributed by atoms with Crippen LogP contribution in [0.25, 0.3) is 0 Å². The van der Waals surface area contributed by atoms with Crippen molar-refractivity contribution in [2.75, 3.05) is 12.3 Å². The fourth-order valence-electron chi connectivity index (χ4n) is 1.92. The van der Waals surface area contributed by atoms with Crippen molar-refractivity contribution in [2.45, 2.75) is 36.5 Å². The molecular formula is C17H21NOS. The first-order valence-corrected chi connectivity index (χ1v) is 7.72. The maximum Gasteiger partial charge on any atom is 0.143 e. The molecule has 2 rings (SSSR count). The summed E-state index contributed by atoms with van der Waals surface area (Å²) >= 11 is 1.72. The van der Waals surface area contributed by atoms with Crippen LogP contribution >= 0.6 is 11.8 Å². The smallest absolute Gasteiger partial charge is 0.143 e. The molecule has 2 aromatic rings. The monoisotopic (exact) mass is 287 g/mol. The third kappa shape index (κ3) is 3.70. The molecule has 20 heavy (non-hydrogen) atoms. The summed E-state index contributed by atoms with van der Waals surface area (Å²) in [5.74, 6) is 1.33. The molecule has 0 saturated heterocycles. The SMILES string of the molecule is CCOc1cc(Sc2ccc(C(C)C)cc2)ccc1N. The van der Waals surface area contributed by atoms with Gasteiger partial charge in [-0.25, -0.2) is 0 Å². The first-order chi connectivity index (χ1) is 9.60. The molecule has 2 nitrogen and oxygen atoms in total. The van der Waals surface area contributed by atoms with Crippen molar-refractivity contribution >= 4 is 17.4 Å². The molecule has 0 aliphatic rings. The second kappa shape index (κ2) is 6.71. The van der Waals surface area contributed by atoms with Crippen molar-refractivity contribution in [1.82, 2.24) is 0 Å². The van der Waals surface area contributed by atoms with E-state index in [4.69, 9.17) is 10.5 Å². The molecule has 0 saturated carbocycles. The van der Waals surface area contributed by atoms with Gasteiger partial charge in [0.05, 0.1) is 12.3 Å². The van der Waals surface area contributed by atoms with Gasteiger partial charge in [0.2, 0.25) is 0 Å². The van der Waals surface area contributed by atoms with E-state index in [1.54, 1.807) is 11.8 Å². The lowest BCUT2D eigenvalue weighted by atomic mass is 10.0. The molecule has 0 aromatic heterocycles. The average Bonchev–Trinajstić information content (AvgIpc) is 2.43. The summed E-state index contributed by atoms with van der Waals surface area (Å²) in [5.41, 5.74) is 7.94. The van der Waals surface area contributed by atoms with E-state index < -0.39 is 0 Å².